The molecule has 106 valence electrons. The molecule has 1 heterocycles. The summed E-state index contributed by atoms with van der Waals surface area (Å²) in [4.78, 5) is 15.1. The van der Waals surface area contributed by atoms with Crippen molar-refractivity contribution in [1.82, 2.24) is 14.5 Å². The lowest BCUT2D eigenvalue weighted by Gasteiger charge is -2.28. The van der Waals surface area contributed by atoms with Crippen LogP contribution in [-0.4, -0.2) is 40.0 Å². The first kappa shape index (κ1) is 14.4. The molecule has 2 unspecified atom stereocenters. The largest absolute Gasteiger partial charge is 0.338 e. The molecule has 2 N–H and O–H groups in total. The van der Waals surface area contributed by atoms with Crippen molar-refractivity contribution in [3.63, 3.8) is 0 Å². The number of carbonyl (C=O) groups excluding carboxylic acids is 1. The molecule has 1 aromatic heterocycles. The number of aryl methyl sites for hydroxylation is 1. The van der Waals surface area contributed by atoms with Crippen LogP contribution in [0.15, 0.2) is 0 Å². The van der Waals surface area contributed by atoms with Gasteiger partial charge >= 0.3 is 0 Å². The fourth-order valence-electron chi connectivity index (χ4n) is 2.88. The van der Waals surface area contributed by atoms with Gasteiger partial charge in [-0.1, -0.05) is 24.3 Å². The fourth-order valence-corrected chi connectivity index (χ4v) is 3.58. The molecule has 1 fully saturated rings. The molecule has 2 atom stereocenters. The Bertz CT molecular complexity index is 434. The third kappa shape index (κ3) is 2.95. The lowest BCUT2D eigenvalue weighted by Crippen LogP contribution is -2.41. The molecule has 0 bridgehead atoms. The van der Waals surface area contributed by atoms with E-state index in [-0.39, 0.29) is 11.9 Å². The Kier molecular flexibility index (Phi) is 4.87. The van der Waals surface area contributed by atoms with Gasteiger partial charge in [0.1, 0.15) is 4.88 Å². The van der Waals surface area contributed by atoms with E-state index < -0.39 is 0 Å². The molecule has 1 amide bonds. The average molecular weight is 282 g/mol. The van der Waals surface area contributed by atoms with Gasteiger partial charge in [0, 0.05) is 13.1 Å². The summed E-state index contributed by atoms with van der Waals surface area (Å²) in [5.74, 6) is 0.494. The van der Waals surface area contributed by atoms with Crippen LogP contribution in [-0.2, 0) is 6.42 Å². The van der Waals surface area contributed by atoms with Crippen molar-refractivity contribution in [2.75, 3.05) is 13.6 Å². The molecule has 5 nitrogen and oxygen atoms in total. The Hall–Kier alpha value is -1.01. The maximum atomic E-state index is 12.6. The molecule has 0 spiro atoms. The quantitative estimate of drug-likeness (QED) is 0.892. The third-order valence-electron chi connectivity index (χ3n) is 3.98. The van der Waals surface area contributed by atoms with Crippen LogP contribution in [0.5, 0.6) is 0 Å². The van der Waals surface area contributed by atoms with Gasteiger partial charge in [-0.05, 0) is 43.3 Å². The van der Waals surface area contributed by atoms with E-state index in [2.05, 4.69) is 16.5 Å². The zero-order valence-corrected chi connectivity index (χ0v) is 12.4. The van der Waals surface area contributed by atoms with Crippen LogP contribution in [0.1, 0.15) is 48.0 Å². The molecule has 1 aliphatic rings. The highest BCUT2D eigenvalue weighted by Crippen LogP contribution is 2.30. The van der Waals surface area contributed by atoms with Gasteiger partial charge in [-0.15, -0.1) is 5.10 Å². The second kappa shape index (κ2) is 6.43. The minimum atomic E-state index is 0.0591. The number of amides is 1. The minimum absolute atomic E-state index is 0.0591. The summed E-state index contributed by atoms with van der Waals surface area (Å²) in [5.41, 5.74) is 6.64. The van der Waals surface area contributed by atoms with Crippen LogP contribution in [0.2, 0.25) is 0 Å². The van der Waals surface area contributed by atoms with Gasteiger partial charge in [0.25, 0.3) is 5.91 Å². The Balaban J connectivity index is 2.12. The van der Waals surface area contributed by atoms with Crippen molar-refractivity contribution in [2.45, 2.75) is 45.1 Å². The summed E-state index contributed by atoms with van der Waals surface area (Å²) in [6.07, 6.45) is 5.13. The Morgan fingerprint density at radius 2 is 2.32 bits per heavy atom. The van der Waals surface area contributed by atoms with E-state index in [1.54, 1.807) is 0 Å². The second-order valence-corrected chi connectivity index (χ2v) is 5.96. The summed E-state index contributed by atoms with van der Waals surface area (Å²) in [6, 6.07) is 0.272. The van der Waals surface area contributed by atoms with Crippen LogP contribution in [0.3, 0.4) is 0 Å². The van der Waals surface area contributed by atoms with Crippen LogP contribution in [0, 0.1) is 5.92 Å². The van der Waals surface area contributed by atoms with Crippen LogP contribution >= 0.6 is 11.5 Å². The smallest absolute Gasteiger partial charge is 0.267 e. The molecule has 19 heavy (non-hydrogen) atoms. The highest BCUT2D eigenvalue weighted by molar-refractivity contribution is 7.08. The molecule has 1 aromatic rings. The maximum absolute atomic E-state index is 12.6. The first-order valence-corrected chi connectivity index (χ1v) is 7.74. The van der Waals surface area contributed by atoms with E-state index in [4.69, 9.17) is 5.73 Å². The van der Waals surface area contributed by atoms with Crippen molar-refractivity contribution in [2.24, 2.45) is 11.7 Å². The number of aromatic nitrogens is 2. The number of hydrogen-bond acceptors (Lipinski definition) is 5. The first-order chi connectivity index (χ1) is 9.19. The molecular formula is C13H22N4OS. The van der Waals surface area contributed by atoms with Gasteiger partial charge in [-0.25, -0.2) is 0 Å². The van der Waals surface area contributed by atoms with E-state index >= 15 is 0 Å². The monoisotopic (exact) mass is 282 g/mol. The van der Waals surface area contributed by atoms with Gasteiger partial charge in [0.05, 0.1) is 5.69 Å². The number of hydrogen-bond donors (Lipinski definition) is 1. The number of carbonyl (C=O) groups is 1. The molecular weight excluding hydrogens is 260 g/mol. The van der Waals surface area contributed by atoms with Gasteiger partial charge in [-0.2, -0.15) is 0 Å². The molecule has 0 radical (unpaired) electrons. The van der Waals surface area contributed by atoms with Crippen molar-refractivity contribution < 1.29 is 4.79 Å². The van der Waals surface area contributed by atoms with Crippen molar-refractivity contribution in [1.29, 1.82) is 0 Å². The van der Waals surface area contributed by atoms with E-state index in [1.807, 2.05) is 11.9 Å². The topological polar surface area (TPSA) is 72.1 Å². The highest BCUT2D eigenvalue weighted by Gasteiger charge is 2.33. The Labute approximate surface area is 118 Å². The van der Waals surface area contributed by atoms with Gasteiger partial charge in [-0.3, -0.25) is 4.79 Å². The molecule has 1 aliphatic carbocycles. The zero-order valence-electron chi connectivity index (χ0n) is 11.6. The van der Waals surface area contributed by atoms with E-state index in [0.717, 1.165) is 37.8 Å². The van der Waals surface area contributed by atoms with Crippen molar-refractivity contribution in [3.05, 3.63) is 10.6 Å². The Morgan fingerprint density at radius 3 is 3.00 bits per heavy atom. The van der Waals surface area contributed by atoms with Crippen LogP contribution in [0.25, 0.3) is 0 Å². The maximum Gasteiger partial charge on any atom is 0.267 e. The normalized spacial score (nSPS) is 22.7. The molecule has 6 heteroatoms. The summed E-state index contributed by atoms with van der Waals surface area (Å²) >= 11 is 1.21. The molecule has 0 aliphatic heterocycles. The van der Waals surface area contributed by atoms with Gasteiger partial charge < -0.3 is 10.6 Å². The average Bonchev–Trinajstić information content (AvgIpc) is 3.05. The highest BCUT2D eigenvalue weighted by atomic mass is 32.1. The summed E-state index contributed by atoms with van der Waals surface area (Å²) in [5, 5.41) is 4.07. The zero-order chi connectivity index (χ0) is 13.8. The van der Waals surface area contributed by atoms with Crippen molar-refractivity contribution in [3.8, 4) is 0 Å². The molecule has 2 rings (SSSR count). The predicted molar refractivity (Wildman–Crippen MR) is 76.2 cm³/mol. The second-order valence-electron chi connectivity index (χ2n) is 5.21. The van der Waals surface area contributed by atoms with Gasteiger partial charge in [0.15, 0.2) is 0 Å². The number of nitrogens with two attached hydrogens (primary N) is 1. The molecule has 1 saturated carbocycles. The van der Waals surface area contributed by atoms with E-state index in [1.165, 1.54) is 11.5 Å². The van der Waals surface area contributed by atoms with E-state index in [9.17, 15) is 4.79 Å². The van der Waals surface area contributed by atoms with Crippen LogP contribution in [0.4, 0.5) is 0 Å². The predicted octanol–water partition coefficient (Wildman–Crippen LogP) is 1.69. The van der Waals surface area contributed by atoms with Gasteiger partial charge in [0.2, 0.25) is 0 Å². The summed E-state index contributed by atoms with van der Waals surface area (Å²) in [7, 11) is 1.89. The molecule has 0 aromatic carbocycles. The Morgan fingerprint density at radius 1 is 1.53 bits per heavy atom. The first-order valence-electron chi connectivity index (χ1n) is 6.97. The number of nitrogens with zero attached hydrogens (tertiary/aromatic N) is 3. The van der Waals surface area contributed by atoms with E-state index in [0.29, 0.717) is 17.3 Å². The number of rotatable bonds is 5. The molecule has 0 saturated heterocycles. The third-order valence-corrected chi connectivity index (χ3v) is 4.73. The lowest BCUT2D eigenvalue weighted by atomic mass is 10.0. The minimum Gasteiger partial charge on any atom is -0.338 e. The summed E-state index contributed by atoms with van der Waals surface area (Å²) < 4.78 is 3.93. The van der Waals surface area contributed by atoms with Crippen molar-refractivity contribution >= 4 is 17.4 Å². The SMILES string of the molecule is CCCc1nnsc1C(=O)N(C)C1CCCC1CN. The lowest BCUT2D eigenvalue weighted by molar-refractivity contribution is 0.0703. The van der Waals surface area contributed by atoms with Crippen LogP contribution < -0.4 is 5.73 Å². The summed E-state index contributed by atoms with van der Waals surface area (Å²) in [6.45, 7) is 2.74. The standard InChI is InChI=1S/C13H22N4OS/c1-3-5-10-12(19-16-15-10)13(18)17(2)11-7-4-6-9(11)8-14/h9,11H,3-8,14H2,1-2H3. The fraction of sp³-hybridized carbons (Fsp3) is 0.769.